The maximum atomic E-state index is 14.0. The summed E-state index contributed by atoms with van der Waals surface area (Å²) in [5.74, 6) is 0.0816. The zero-order valence-electron chi connectivity index (χ0n) is 11.6. The molecule has 0 radical (unpaired) electrons. The van der Waals surface area contributed by atoms with Crippen LogP contribution in [0.25, 0.3) is 0 Å². The van der Waals surface area contributed by atoms with Crippen LogP contribution in [0.1, 0.15) is 18.9 Å². The average Bonchev–Trinajstić information content (AvgIpc) is 2.47. The molecular weight excluding hydrogens is 312 g/mol. The van der Waals surface area contributed by atoms with Crippen LogP contribution >= 0.6 is 23.2 Å². The molecule has 2 rings (SSSR count). The first kappa shape index (κ1) is 16.1. The highest BCUT2D eigenvalue weighted by Crippen LogP contribution is 2.36. The molecule has 0 bridgehead atoms. The maximum absolute atomic E-state index is 14.0. The molecule has 2 aromatic carbocycles. The van der Waals surface area contributed by atoms with E-state index < -0.39 is 5.82 Å². The molecule has 2 aromatic rings. The van der Waals surface area contributed by atoms with Crippen molar-refractivity contribution in [2.45, 2.75) is 19.9 Å². The molecule has 0 atom stereocenters. The van der Waals surface area contributed by atoms with Crippen LogP contribution in [0.5, 0.6) is 11.5 Å². The fourth-order valence-electron chi connectivity index (χ4n) is 1.88. The van der Waals surface area contributed by atoms with Crippen LogP contribution < -0.4 is 10.1 Å². The van der Waals surface area contributed by atoms with Gasteiger partial charge in [-0.15, -0.1) is 0 Å². The second kappa shape index (κ2) is 7.64. The number of hydrogen-bond donors (Lipinski definition) is 1. The van der Waals surface area contributed by atoms with E-state index in [1.54, 1.807) is 24.3 Å². The van der Waals surface area contributed by atoms with Crippen LogP contribution in [0.15, 0.2) is 36.4 Å². The van der Waals surface area contributed by atoms with Crippen molar-refractivity contribution in [3.05, 3.63) is 57.8 Å². The van der Waals surface area contributed by atoms with Gasteiger partial charge in [0.15, 0.2) is 11.6 Å². The van der Waals surface area contributed by atoms with Gasteiger partial charge in [-0.3, -0.25) is 0 Å². The summed E-state index contributed by atoms with van der Waals surface area (Å²) >= 11 is 12.0. The summed E-state index contributed by atoms with van der Waals surface area (Å²) in [5.41, 5.74) is 0.736. The van der Waals surface area contributed by atoms with Crippen LogP contribution in [0, 0.1) is 5.82 Å². The Bertz CT molecular complexity index is 619. The number of rotatable bonds is 6. The lowest BCUT2D eigenvalue weighted by Gasteiger charge is -2.14. The lowest BCUT2D eigenvalue weighted by molar-refractivity contribution is 0.434. The molecule has 1 N–H and O–H groups in total. The second-order valence-electron chi connectivity index (χ2n) is 4.56. The number of ether oxygens (including phenoxy) is 1. The van der Waals surface area contributed by atoms with E-state index in [0.29, 0.717) is 17.3 Å². The SMILES string of the molecule is CCCNCc1cccc(F)c1Oc1cccc(Cl)c1Cl. The zero-order valence-corrected chi connectivity index (χ0v) is 13.1. The molecule has 0 amide bonds. The molecule has 0 spiro atoms. The molecule has 0 fully saturated rings. The molecule has 0 aromatic heterocycles. The lowest BCUT2D eigenvalue weighted by atomic mass is 10.2. The average molecular weight is 328 g/mol. The highest BCUT2D eigenvalue weighted by Gasteiger charge is 2.13. The van der Waals surface area contributed by atoms with Crippen molar-refractivity contribution in [1.82, 2.24) is 5.32 Å². The Hall–Kier alpha value is -1.29. The van der Waals surface area contributed by atoms with Crippen molar-refractivity contribution >= 4 is 23.2 Å². The summed E-state index contributed by atoms with van der Waals surface area (Å²) in [6, 6.07) is 9.85. The summed E-state index contributed by atoms with van der Waals surface area (Å²) < 4.78 is 19.7. The normalized spacial score (nSPS) is 10.7. The van der Waals surface area contributed by atoms with Gasteiger partial charge in [-0.2, -0.15) is 0 Å². The van der Waals surface area contributed by atoms with Gasteiger partial charge >= 0.3 is 0 Å². The number of nitrogens with one attached hydrogen (secondary N) is 1. The van der Waals surface area contributed by atoms with E-state index in [1.807, 2.05) is 6.07 Å². The molecule has 0 saturated carbocycles. The quantitative estimate of drug-likeness (QED) is 0.715. The Morgan fingerprint density at radius 2 is 1.90 bits per heavy atom. The van der Waals surface area contributed by atoms with Gasteiger partial charge in [-0.25, -0.2) is 4.39 Å². The van der Waals surface area contributed by atoms with Crippen molar-refractivity contribution in [3.63, 3.8) is 0 Å². The number of halogens is 3. The third-order valence-electron chi connectivity index (χ3n) is 2.92. The van der Waals surface area contributed by atoms with Gasteiger partial charge in [0.1, 0.15) is 10.8 Å². The molecular formula is C16H16Cl2FNO. The molecule has 0 aliphatic rings. The second-order valence-corrected chi connectivity index (χ2v) is 5.34. The van der Waals surface area contributed by atoms with E-state index in [9.17, 15) is 4.39 Å². The standard InChI is InChI=1S/C16H16Cl2FNO/c1-2-9-20-10-11-5-3-7-13(19)16(11)21-14-8-4-6-12(17)15(14)18/h3-8,20H,2,9-10H2,1H3. The zero-order chi connectivity index (χ0) is 15.2. The molecule has 0 aliphatic carbocycles. The summed E-state index contributed by atoms with van der Waals surface area (Å²) in [5, 5.41) is 3.87. The van der Waals surface area contributed by atoms with Crippen molar-refractivity contribution in [1.29, 1.82) is 0 Å². The molecule has 5 heteroatoms. The largest absolute Gasteiger partial charge is 0.452 e. The Kier molecular flexibility index (Phi) is 5.85. The molecule has 2 nitrogen and oxygen atoms in total. The van der Waals surface area contributed by atoms with Crippen molar-refractivity contribution in [2.24, 2.45) is 0 Å². The monoisotopic (exact) mass is 327 g/mol. The fourth-order valence-corrected chi connectivity index (χ4v) is 2.21. The highest BCUT2D eigenvalue weighted by atomic mass is 35.5. The van der Waals surface area contributed by atoms with Gasteiger partial charge in [0.05, 0.1) is 5.02 Å². The Morgan fingerprint density at radius 1 is 1.14 bits per heavy atom. The maximum Gasteiger partial charge on any atom is 0.167 e. The van der Waals surface area contributed by atoms with Gasteiger partial charge in [-0.05, 0) is 31.2 Å². The van der Waals surface area contributed by atoms with E-state index in [-0.39, 0.29) is 10.8 Å². The van der Waals surface area contributed by atoms with Crippen LogP contribution in [0.2, 0.25) is 10.0 Å². The topological polar surface area (TPSA) is 21.3 Å². The molecule has 0 aliphatic heterocycles. The highest BCUT2D eigenvalue weighted by molar-refractivity contribution is 6.42. The van der Waals surface area contributed by atoms with E-state index in [4.69, 9.17) is 27.9 Å². The van der Waals surface area contributed by atoms with E-state index in [0.717, 1.165) is 18.5 Å². The number of benzene rings is 2. The van der Waals surface area contributed by atoms with Gasteiger partial charge in [0.25, 0.3) is 0 Å². The number of para-hydroxylation sites is 1. The lowest BCUT2D eigenvalue weighted by Crippen LogP contribution is -2.14. The summed E-state index contributed by atoms with van der Waals surface area (Å²) in [7, 11) is 0. The molecule has 0 unspecified atom stereocenters. The van der Waals surface area contributed by atoms with Crippen LogP contribution in [-0.4, -0.2) is 6.54 Å². The minimum Gasteiger partial charge on any atom is -0.452 e. The predicted octanol–water partition coefficient (Wildman–Crippen LogP) is 5.42. The predicted molar refractivity (Wildman–Crippen MR) is 84.9 cm³/mol. The van der Waals surface area contributed by atoms with Gasteiger partial charge < -0.3 is 10.1 Å². The Labute approximate surface area is 133 Å². The fraction of sp³-hybridized carbons (Fsp3) is 0.250. The first-order chi connectivity index (χ1) is 10.1. The van der Waals surface area contributed by atoms with Crippen molar-refractivity contribution in [2.75, 3.05) is 6.54 Å². The molecule has 21 heavy (non-hydrogen) atoms. The van der Waals surface area contributed by atoms with Crippen LogP contribution in [-0.2, 0) is 6.54 Å². The first-order valence-corrected chi connectivity index (χ1v) is 7.49. The third kappa shape index (κ3) is 4.10. The number of hydrogen-bond acceptors (Lipinski definition) is 2. The Morgan fingerprint density at radius 3 is 2.67 bits per heavy atom. The van der Waals surface area contributed by atoms with Crippen LogP contribution in [0.3, 0.4) is 0 Å². The Balaban J connectivity index is 2.28. The van der Waals surface area contributed by atoms with E-state index in [2.05, 4.69) is 12.2 Å². The van der Waals surface area contributed by atoms with Gasteiger partial charge in [-0.1, -0.05) is 48.3 Å². The summed E-state index contributed by atoms with van der Waals surface area (Å²) in [6.07, 6.45) is 1.01. The minimum atomic E-state index is -0.429. The van der Waals surface area contributed by atoms with E-state index in [1.165, 1.54) is 6.07 Å². The molecule has 0 heterocycles. The van der Waals surface area contributed by atoms with Gasteiger partial charge in [0.2, 0.25) is 0 Å². The van der Waals surface area contributed by atoms with Gasteiger partial charge in [0, 0.05) is 12.1 Å². The van der Waals surface area contributed by atoms with Crippen molar-refractivity contribution in [3.8, 4) is 11.5 Å². The smallest absolute Gasteiger partial charge is 0.167 e. The van der Waals surface area contributed by atoms with E-state index >= 15 is 0 Å². The summed E-state index contributed by atoms with van der Waals surface area (Å²) in [6.45, 7) is 3.45. The van der Waals surface area contributed by atoms with Crippen molar-refractivity contribution < 1.29 is 9.13 Å². The summed E-state index contributed by atoms with van der Waals surface area (Å²) in [4.78, 5) is 0. The molecule has 0 saturated heterocycles. The third-order valence-corrected chi connectivity index (χ3v) is 3.72. The minimum absolute atomic E-state index is 0.172. The first-order valence-electron chi connectivity index (χ1n) is 6.73. The molecule has 112 valence electrons. The van der Waals surface area contributed by atoms with Crippen LogP contribution in [0.4, 0.5) is 4.39 Å².